The number of carboxylic acids is 2. The highest BCUT2D eigenvalue weighted by Gasteiger charge is 2.25. The van der Waals surface area contributed by atoms with Gasteiger partial charge in [-0.25, -0.2) is 14.4 Å². The van der Waals surface area contributed by atoms with Crippen molar-refractivity contribution in [1.29, 1.82) is 0 Å². The fourth-order valence-corrected chi connectivity index (χ4v) is 4.53. The maximum atomic E-state index is 13.6. The van der Waals surface area contributed by atoms with Crippen LogP contribution in [0.1, 0.15) is 57.9 Å². The first-order valence-electron chi connectivity index (χ1n) is 12.3. The minimum atomic E-state index is -1.12. The highest BCUT2D eigenvalue weighted by Crippen LogP contribution is 2.25. The van der Waals surface area contributed by atoms with E-state index in [4.69, 9.17) is 0 Å². The molecule has 190 valence electrons. The molecular formula is C30H30N2O5. The van der Waals surface area contributed by atoms with Gasteiger partial charge in [-0.15, -0.1) is 0 Å². The van der Waals surface area contributed by atoms with Gasteiger partial charge in [0.05, 0.1) is 24.3 Å². The first-order valence-corrected chi connectivity index (χ1v) is 12.3. The lowest BCUT2D eigenvalue weighted by atomic mass is 9.98. The quantitative estimate of drug-likeness (QED) is 0.305. The molecule has 1 aromatic heterocycles. The van der Waals surface area contributed by atoms with E-state index in [0.29, 0.717) is 23.6 Å². The van der Waals surface area contributed by atoms with E-state index in [9.17, 15) is 24.6 Å². The first kappa shape index (κ1) is 25.7. The minimum Gasteiger partial charge on any atom is -0.478 e. The van der Waals surface area contributed by atoms with Crippen molar-refractivity contribution in [3.05, 3.63) is 117 Å². The van der Waals surface area contributed by atoms with E-state index in [1.54, 1.807) is 28.8 Å². The predicted octanol–water partition coefficient (Wildman–Crippen LogP) is 5.40. The van der Waals surface area contributed by atoms with Crippen LogP contribution < -0.4 is 5.69 Å². The molecule has 0 bridgehead atoms. The summed E-state index contributed by atoms with van der Waals surface area (Å²) in [6.45, 7) is 4.53. The molecule has 0 atom stereocenters. The summed E-state index contributed by atoms with van der Waals surface area (Å²) in [5.41, 5.74) is 3.43. The number of hydrogen-bond donors (Lipinski definition) is 2. The van der Waals surface area contributed by atoms with E-state index in [1.165, 1.54) is 4.57 Å². The molecule has 0 fully saturated rings. The van der Waals surface area contributed by atoms with Gasteiger partial charge < -0.3 is 10.2 Å². The molecular weight excluding hydrogens is 468 g/mol. The number of aromatic carboxylic acids is 2. The summed E-state index contributed by atoms with van der Waals surface area (Å²) in [4.78, 5) is 37.6. The van der Waals surface area contributed by atoms with Crippen molar-refractivity contribution in [2.45, 2.75) is 39.8 Å². The van der Waals surface area contributed by atoms with Crippen molar-refractivity contribution in [3.8, 4) is 11.1 Å². The first-order chi connectivity index (χ1) is 17.8. The van der Waals surface area contributed by atoms with Gasteiger partial charge >= 0.3 is 17.6 Å². The molecule has 37 heavy (non-hydrogen) atoms. The number of imidazole rings is 1. The molecule has 0 saturated heterocycles. The summed E-state index contributed by atoms with van der Waals surface area (Å²) in [7, 11) is 0. The number of aromatic nitrogens is 2. The van der Waals surface area contributed by atoms with Gasteiger partial charge in [0.1, 0.15) is 0 Å². The second-order valence-corrected chi connectivity index (χ2v) is 9.52. The SMILES string of the molecule is CC(C)CCc1c(C(=O)O)n(Cc2ccccc2)c(=O)n1Cc1ccc(-c2ccccc2C(=O)O)cc1. The molecule has 1 heterocycles. The zero-order chi connectivity index (χ0) is 26.5. The summed E-state index contributed by atoms with van der Waals surface area (Å²) in [5.74, 6) is -1.77. The molecule has 2 N–H and O–H groups in total. The van der Waals surface area contributed by atoms with Crippen molar-refractivity contribution >= 4 is 11.9 Å². The molecule has 0 amide bonds. The lowest BCUT2D eigenvalue weighted by Gasteiger charge is -2.11. The summed E-state index contributed by atoms with van der Waals surface area (Å²) in [6, 6.07) is 23.5. The molecule has 0 saturated carbocycles. The third-order valence-electron chi connectivity index (χ3n) is 6.44. The van der Waals surface area contributed by atoms with E-state index in [2.05, 4.69) is 13.8 Å². The Morgan fingerprint density at radius 3 is 1.97 bits per heavy atom. The summed E-state index contributed by atoms with van der Waals surface area (Å²) in [6.07, 6.45) is 1.22. The third-order valence-corrected chi connectivity index (χ3v) is 6.44. The van der Waals surface area contributed by atoms with Crippen molar-refractivity contribution in [3.63, 3.8) is 0 Å². The topological polar surface area (TPSA) is 102 Å². The Morgan fingerprint density at radius 1 is 0.757 bits per heavy atom. The number of carbonyl (C=O) groups is 2. The van der Waals surface area contributed by atoms with Crippen LogP contribution in [0.3, 0.4) is 0 Å². The van der Waals surface area contributed by atoms with Crippen LogP contribution in [0.5, 0.6) is 0 Å². The Kier molecular flexibility index (Phi) is 7.72. The molecule has 0 aliphatic carbocycles. The van der Waals surface area contributed by atoms with Gasteiger partial charge in [-0.1, -0.05) is 86.6 Å². The Bertz CT molecular complexity index is 1460. The molecule has 3 aromatic carbocycles. The zero-order valence-corrected chi connectivity index (χ0v) is 20.9. The number of hydrogen-bond acceptors (Lipinski definition) is 3. The number of nitrogens with zero attached hydrogens (tertiary/aromatic N) is 2. The van der Waals surface area contributed by atoms with Crippen molar-refractivity contribution < 1.29 is 19.8 Å². The average Bonchev–Trinajstić information content (AvgIpc) is 3.14. The van der Waals surface area contributed by atoms with Crippen LogP contribution in [0.15, 0.2) is 83.7 Å². The standard InChI is InChI=1S/C30H30N2O5/c1-20(2)12-17-26-27(29(35)36)32(19-21-8-4-3-5-9-21)30(37)31(26)18-22-13-15-23(16-14-22)24-10-6-7-11-25(24)28(33)34/h3-11,13-16,20H,12,17-19H2,1-2H3,(H,33,34)(H,35,36). The van der Waals surface area contributed by atoms with Crippen molar-refractivity contribution in [1.82, 2.24) is 9.13 Å². The maximum Gasteiger partial charge on any atom is 0.354 e. The maximum absolute atomic E-state index is 13.6. The highest BCUT2D eigenvalue weighted by molar-refractivity contribution is 5.96. The van der Waals surface area contributed by atoms with E-state index >= 15 is 0 Å². The van der Waals surface area contributed by atoms with Gasteiger partial charge in [0.25, 0.3) is 0 Å². The Labute approximate surface area is 215 Å². The van der Waals surface area contributed by atoms with Crippen LogP contribution in [-0.4, -0.2) is 31.3 Å². The second kappa shape index (κ2) is 11.1. The fraction of sp³-hybridized carbons (Fsp3) is 0.233. The predicted molar refractivity (Wildman–Crippen MR) is 142 cm³/mol. The molecule has 4 rings (SSSR count). The van der Waals surface area contributed by atoms with E-state index < -0.39 is 11.9 Å². The molecule has 0 radical (unpaired) electrons. The zero-order valence-electron chi connectivity index (χ0n) is 20.9. The summed E-state index contributed by atoms with van der Waals surface area (Å²) < 4.78 is 2.92. The Balaban J connectivity index is 1.74. The van der Waals surface area contributed by atoms with Gasteiger partial charge in [0.15, 0.2) is 5.69 Å². The van der Waals surface area contributed by atoms with Crippen LogP contribution in [-0.2, 0) is 19.5 Å². The van der Waals surface area contributed by atoms with E-state index in [-0.39, 0.29) is 30.0 Å². The van der Waals surface area contributed by atoms with Gasteiger partial charge in [-0.2, -0.15) is 0 Å². The lowest BCUT2D eigenvalue weighted by molar-refractivity contribution is 0.0677. The average molecular weight is 499 g/mol. The monoisotopic (exact) mass is 498 g/mol. The smallest absolute Gasteiger partial charge is 0.354 e. The summed E-state index contributed by atoms with van der Waals surface area (Å²) >= 11 is 0. The third kappa shape index (κ3) is 5.72. The molecule has 0 spiro atoms. The fourth-order valence-electron chi connectivity index (χ4n) is 4.53. The van der Waals surface area contributed by atoms with Crippen molar-refractivity contribution in [2.75, 3.05) is 0 Å². The van der Waals surface area contributed by atoms with E-state index in [0.717, 1.165) is 23.1 Å². The van der Waals surface area contributed by atoms with Crippen LogP contribution in [0, 0.1) is 5.92 Å². The summed E-state index contributed by atoms with van der Waals surface area (Å²) in [5, 5.41) is 19.6. The number of carboxylic acid groups (broad SMARTS) is 2. The van der Waals surface area contributed by atoms with Crippen LogP contribution in [0.2, 0.25) is 0 Å². The number of benzene rings is 3. The van der Waals surface area contributed by atoms with Crippen molar-refractivity contribution in [2.24, 2.45) is 5.92 Å². The molecule has 4 aromatic rings. The minimum absolute atomic E-state index is 0.0292. The van der Waals surface area contributed by atoms with Gasteiger partial charge in [-0.05, 0) is 47.1 Å². The second-order valence-electron chi connectivity index (χ2n) is 9.52. The Hall–Kier alpha value is -4.39. The number of rotatable bonds is 10. The van der Waals surface area contributed by atoms with Gasteiger partial charge in [0, 0.05) is 0 Å². The lowest BCUT2D eigenvalue weighted by Crippen LogP contribution is -2.27. The molecule has 7 heteroatoms. The van der Waals surface area contributed by atoms with Gasteiger partial charge in [-0.3, -0.25) is 9.13 Å². The molecule has 0 unspecified atom stereocenters. The Morgan fingerprint density at radius 2 is 1.35 bits per heavy atom. The molecule has 0 aliphatic rings. The largest absolute Gasteiger partial charge is 0.478 e. The van der Waals surface area contributed by atoms with E-state index in [1.807, 2.05) is 54.6 Å². The normalized spacial score (nSPS) is 11.1. The molecule has 7 nitrogen and oxygen atoms in total. The highest BCUT2D eigenvalue weighted by atomic mass is 16.4. The van der Waals surface area contributed by atoms with Gasteiger partial charge in [0.2, 0.25) is 0 Å². The van der Waals surface area contributed by atoms with Crippen LogP contribution in [0.4, 0.5) is 0 Å². The molecule has 0 aliphatic heterocycles. The van der Waals surface area contributed by atoms with Crippen LogP contribution in [0.25, 0.3) is 11.1 Å². The van der Waals surface area contributed by atoms with Crippen LogP contribution >= 0.6 is 0 Å².